The third kappa shape index (κ3) is 4.24. The van der Waals surface area contributed by atoms with Gasteiger partial charge in [-0.25, -0.2) is 0 Å². The van der Waals surface area contributed by atoms with Gasteiger partial charge in [0.25, 0.3) is 11.8 Å². The van der Waals surface area contributed by atoms with Gasteiger partial charge in [-0.3, -0.25) is 24.5 Å². The number of ketones is 1. The third-order valence-electron chi connectivity index (χ3n) is 3.99. The molecule has 4 N–H and O–H groups in total. The first-order chi connectivity index (χ1) is 13.1. The van der Waals surface area contributed by atoms with Crippen LogP contribution in [0.15, 0.2) is 61.1 Å². The van der Waals surface area contributed by atoms with Crippen molar-refractivity contribution in [2.24, 2.45) is 5.73 Å². The van der Waals surface area contributed by atoms with Crippen molar-refractivity contribution in [3.63, 3.8) is 0 Å². The number of amides is 2. The number of nitrogens with two attached hydrogens (primary N) is 1. The molecule has 0 saturated carbocycles. The van der Waals surface area contributed by atoms with Crippen LogP contribution in [0.1, 0.15) is 16.1 Å². The average molecular weight is 363 g/mol. The Bertz CT molecular complexity index is 954. The lowest BCUT2D eigenvalue weighted by Crippen LogP contribution is -2.47. The molecule has 0 fully saturated rings. The van der Waals surface area contributed by atoms with Crippen LogP contribution >= 0.6 is 0 Å². The highest BCUT2D eigenvalue weighted by molar-refractivity contribution is 6.38. The highest BCUT2D eigenvalue weighted by atomic mass is 16.2. The van der Waals surface area contributed by atoms with Gasteiger partial charge in [-0.15, -0.1) is 0 Å². The smallest absolute Gasteiger partial charge is 0.287 e. The van der Waals surface area contributed by atoms with Crippen LogP contribution in [0.4, 0.5) is 0 Å². The van der Waals surface area contributed by atoms with Crippen molar-refractivity contribution in [2.45, 2.75) is 12.5 Å². The summed E-state index contributed by atoms with van der Waals surface area (Å²) in [5, 5.41) is 9.10. The second-order valence-electron chi connectivity index (χ2n) is 5.84. The maximum Gasteiger partial charge on any atom is 0.287 e. The summed E-state index contributed by atoms with van der Waals surface area (Å²) in [5.74, 6) is -2.54. The highest BCUT2D eigenvalue weighted by Gasteiger charge is 2.27. The lowest BCUT2D eigenvalue weighted by Gasteiger charge is -2.16. The number of H-pyrrole nitrogens is 1. The monoisotopic (exact) mass is 363 g/mol. The quantitative estimate of drug-likeness (QED) is 0.536. The molecule has 0 spiro atoms. The van der Waals surface area contributed by atoms with Gasteiger partial charge in [0.05, 0.1) is 6.20 Å². The molecule has 2 aromatic heterocycles. The first-order valence-corrected chi connectivity index (χ1v) is 8.18. The van der Waals surface area contributed by atoms with Crippen molar-refractivity contribution in [1.82, 2.24) is 20.5 Å². The van der Waals surface area contributed by atoms with Crippen LogP contribution in [-0.4, -0.2) is 38.8 Å². The predicted octanol–water partition coefficient (Wildman–Crippen LogP) is 0.867. The van der Waals surface area contributed by atoms with Gasteiger partial charge < -0.3 is 11.1 Å². The molecule has 136 valence electrons. The van der Waals surface area contributed by atoms with Crippen LogP contribution in [0.25, 0.3) is 11.1 Å². The van der Waals surface area contributed by atoms with Crippen LogP contribution < -0.4 is 11.1 Å². The molecule has 2 heterocycles. The van der Waals surface area contributed by atoms with Gasteiger partial charge in [0.2, 0.25) is 5.78 Å². The second-order valence-corrected chi connectivity index (χ2v) is 5.84. The fourth-order valence-corrected chi connectivity index (χ4v) is 2.66. The van der Waals surface area contributed by atoms with Crippen molar-refractivity contribution in [3.05, 3.63) is 72.3 Å². The van der Waals surface area contributed by atoms with Crippen LogP contribution in [0, 0.1) is 0 Å². The number of carbonyl (C=O) groups is 3. The van der Waals surface area contributed by atoms with E-state index in [0.717, 1.165) is 5.56 Å². The molecule has 0 aliphatic rings. The predicted molar refractivity (Wildman–Crippen MR) is 97.4 cm³/mol. The van der Waals surface area contributed by atoms with E-state index in [1.807, 2.05) is 6.07 Å². The molecule has 0 aliphatic heterocycles. The number of Topliss-reactive ketones (excluding diaryl/α,β-unsaturated/α-hetero) is 1. The number of carbonyl (C=O) groups excluding carboxylic acids is 3. The zero-order chi connectivity index (χ0) is 19.2. The fourth-order valence-electron chi connectivity index (χ4n) is 2.66. The number of primary amides is 1. The molecule has 1 atom stereocenters. The van der Waals surface area contributed by atoms with E-state index in [1.165, 1.54) is 6.20 Å². The van der Waals surface area contributed by atoms with E-state index >= 15 is 0 Å². The normalized spacial score (nSPS) is 11.6. The molecule has 0 radical (unpaired) electrons. The molecule has 1 aromatic carbocycles. The van der Waals surface area contributed by atoms with Crippen molar-refractivity contribution >= 4 is 17.6 Å². The number of pyridine rings is 1. The maximum absolute atomic E-state index is 12.7. The zero-order valence-electron chi connectivity index (χ0n) is 14.3. The number of aromatic nitrogens is 3. The van der Waals surface area contributed by atoms with Gasteiger partial charge in [0.15, 0.2) is 0 Å². The number of aromatic amines is 1. The topological polar surface area (TPSA) is 131 Å². The molecular weight excluding hydrogens is 346 g/mol. The Labute approximate surface area is 154 Å². The summed E-state index contributed by atoms with van der Waals surface area (Å²) in [5.41, 5.74) is 7.31. The van der Waals surface area contributed by atoms with Crippen LogP contribution in [0.5, 0.6) is 0 Å². The largest absolute Gasteiger partial charge is 0.363 e. The molecule has 1 unspecified atom stereocenters. The van der Waals surface area contributed by atoms with Gasteiger partial charge in [-0.1, -0.05) is 36.4 Å². The number of rotatable bonds is 7. The SMILES string of the molecule is NC(=O)C(=O)C(Cc1ccccc1)NC(=O)c1[nH]ncc1-c1cccnc1. The minimum absolute atomic E-state index is 0.144. The zero-order valence-corrected chi connectivity index (χ0v) is 14.3. The average Bonchev–Trinajstić information content (AvgIpc) is 3.18. The van der Waals surface area contributed by atoms with Gasteiger partial charge >= 0.3 is 0 Å². The number of nitrogens with zero attached hydrogens (tertiary/aromatic N) is 2. The van der Waals surface area contributed by atoms with Crippen molar-refractivity contribution in [2.75, 3.05) is 0 Å². The van der Waals surface area contributed by atoms with Crippen LogP contribution in [0.3, 0.4) is 0 Å². The first kappa shape index (κ1) is 18.0. The van der Waals surface area contributed by atoms with Gasteiger partial charge in [0, 0.05) is 29.9 Å². The Morgan fingerprint density at radius 1 is 1.07 bits per heavy atom. The molecule has 0 bridgehead atoms. The second kappa shape index (κ2) is 8.05. The number of hydrogen-bond donors (Lipinski definition) is 3. The molecule has 0 saturated heterocycles. The lowest BCUT2D eigenvalue weighted by atomic mass is 10.0. The van der Waals surface area contributed by atoms with E-state index in [9.17, 15) is 14.4 Å². The minimum atomic E-state index is -1.10. The Balaban J connectivity index is 1.84. The van der Waals surface area contributed by atoms with Crippen molar-refractivity contribution in [3.8, 4) is 11.1 Å². The Hall–Kier alpha value is -3.81. The Morgan fingerprint density at radius 2 is 1.85 bits per heavy atom. The maximum atomic E-state index is 12.7. The summed E-state index contributed by atoms with van der Waals surface area (Å²) in [6, 6.07) is 11.5. The van der Waals surface area contributed by atoms with Gasteiger partial charge in [0.1, 0.15) is 11.7 Å². The fraction of sp³-hybridized carbons (Fsp3) is 0.105. The molecule has 27 heavy (non-hydrogen) atoms. The van der Waals surface area contributed by atoms with Crippen LogP contribution in [0.2, 0.25) is 0 Å². The first-order valence-electron chi connectivity index (χ1n) is 8.18. The van der Waals surface area contributed by atoms with Gasteiger partial charge in [-0.2, -0.15) is 5.10 Å². The summed E-state index contributed by atoms with van der Waals surface area (Å²) >= 11 is 0. The van der Waals surface area contributed by atoms with Crippen molar-refractivity contribution < 1.29 is 14.4 Å². The van der Waals surface area contributed by atoms with E-state index in [4.69, 9.17) is 5.73 Å². The Kier molecular flexibility index (Phi) is 5.36. The Morgan fingerprint density at radius 3 is 2.52 bits per heavy atom. The van der Waals surface area contributed by atoms with E-state index < -0.39 is 23.6 Å². The molecule has 2 amide bonds. The number of hydrogen-bond acceptors (Lipinski definition) is 5. The van der Waals surface area contributed by atoms with Crippen molar-refractivity contribution in [1.29, 1.82) is 0 Å². The summed E-state index contributed by atoms with van der Waals surface area (Å²) < 4.78 is 0. The molecule has 8 nitrogen and oxygen atoms in total. The standard InChI is InChI=1S/C19H17N5O3/c20-18(26)17(25)15(9-12-5-2-1-3-6-12)23-19(27)16-14(11-22-24-16)13-7-4-8-21-10-13/h1-8,10-11,15H,9H2,(H2,20,26)(H,22,24)(H,23,27). The molecule has 0 aliphatic carbocycles. The highest BCUT2D eigenvalue weighted by Crippen LogP contribution is 2.20. The number of nitrogens with one attached hydrogen (secondary N) is 2. The van der Waals surface area contributed by atoms with Gasteiger partial charge in [-0.05, 0) is 11.6 Å². The summed E-state index contributed by atoms with van der Waals surface area (Å²) in [6.45, 7) is 0. The summed E-state index contributed by atoms with van der Waals surface area (Å²) in [4.78, 5) is 40.3. The van der Waals surface area contributed by atoms with E-state index in [2.05, 4.69) is 20.5 Å². The molecule has 8 heteroatoms. The van der Waals surface area contributed by atoms with E-state index in [1.54, 1.807) is 48.8 Å². The number of benzene rings is 1. The summed E-state index contributed by atoms with van der Waals surface area (Å²) in [7, 11) is 0. The minimum Gasteiger partial charge on any atom is -0.363 e. The molecule has 3 aromatic rings. The summed E-state index contributed by atoms with van der Waals surface area (Å²) in [6.07, 6.45) is 4.85. The lowest BCUT2D eigenvalue weighted by molar-refractivity contribution is -0.137. The molecular formula is C19H17N5O3. The van der Waals surface area contributed by atoms with E-state index in [-0.39, 0.29) is 12.1 Å². The molecule has 3 rings (SSSR count). The van der Waals surface area contributed by atoms with E-state index in [0.29, 0.717) is 11.1 Å². The third-order valence-corrected chi connectivity index (χ3v) is 3.99. The van der Waals surface area contributed by atoms with Crippen LogP contribution in [-0.2, 0) is 16.0 Å².